The van der Waals surface area contributed by atoms with Crippen molar-refractivity contribution in [1.82, 2.24) is 0 Å². The van der Waals surface area contributed by atoms with E-state index in [1.54, 1.807) is 18.2 Å². The fourth-order valence-corrected chi connectivity index (χ4v) is 6.18. The molecule has 5 rings (SSSR count). The Bertz CT molecular complexity index is 1210. The minimum Gasteiger partial charge on any atom is -0.481 e. The Labute approximate surface area is 186 Å². The first-order chi connectivity index (χ1) is 14.8. The van der Waals surface area contributed by atoms with Crippen molar-refractivity contribution in [2.75, 3.05) is 0 Å². The molecular formula is C24H19BrO6. The second-order valence-electron chi connectivity index (χ2n) is 8.55. The van der Waals surface area contributed by atoms with Crippen molar-refractivity contribution in [2.24, 2.45) is 0 Å². The third kappa shape index (κ3) is 2.90. The second-order valence-corrected chi connectivity index (χ2v) is 9.11. The van der Waals surface area contributed by atoms with Gasteiger partial charge in [-0.25, -0.2) is 0 Å². The fourth-order valence-electron chi connectivity index (χ4n) is 5.84. The first-order valence-electron chi connectivity index (χ1n) is 10.2. The molecule has 31 heavy (non-hydrogen) atoms. The van der Waals surface area contributed by atoms with Crippen LogP contribution in [-0.4, -0.2) is 33.7 Å². The number of aliphatic carboxylic acids is 2. The molecule has 0 amide bonds. The molecule has 158 valence electrons. The Morgan fingerprint density at radius 2 is 1.39 bits per heavy atom. The molecule has 3 aliphatic carbocycles. The lowest BCUT2D eigenvalue weighted by Gasteiger charge is -2.30. The van der Waals surface area contributed by atoms with Crippen LogP contribution in [0.1, 0.15) is 90.8 Å². The van der Waals surface area contributed by atoms with Gasteiger partial charge in [0, 0.05) is 27.6 Å². The summed E-state index contributed by atoms with van der Waals surface area (Å²) in [7, 11) is 0. The average molecular weight is 483 g/mol. The maximum absolute atomic E-state index is 13.7. The summed E-state index contributed by atoms with van der Waals surface area (Å²) in [6, 6.07) is 5.03. The number of hydrogen-bond donors (Lipinski definition) is 2. The third-order valence-corrected chi connectivity index (χ3v) is 7.53. The number of carbonyl (C=O) groups excluding carboxylic acids is 2. The highest BCUT2D eigenvalue weighted by Gasteiger charge is 2.46. The number of benzene rings is 2. The second kappa shape index (κ2) is 7.12. The molecule has 2 atom stereocenters. The normalized spacial score (nSPS) is 20.4. The minimum absolute atomic E-state index is 0.106. The minimum atomic E-state index is -1.07. The summed E-state index contributed by atoms with van der Waals surface area (Å²) >= 11 is 3.36. The zero-order valence-corrected chi connectivity index (χ0v) is 18.1. The van der Waals surface area contributed by atoms with Crippen LogP contribution >= 0.6 is 15.9 Å². The lowest BCUT2D eigenvalue weighted by atomic mass is 9.72. The van der Waals surface area contributed by atoms with Crippen LogP contribution in [0.25, 0.3) is 0 Å². The molecule has 1 saturated carbocycles. The van der Waals surface area contributed by atoms with Crippen molar-refractivity contribution in [3.05, 3.63) is 68.3 Å². The number of fused-ring (bicyclic) bond motifs is 7. The summed E-state index contributed by atoms with van der Waals surface area (Å²) in [6.07, 6.45) is 1.90. The van der Waals surface area contributed by atoms with Crippen molar-refractivity contribution in [1.29, 1.82) is 0 Å². The highest BCUT2D eigenvalue weighted by atomic mass is 79.9. The Kier molecular flexibility index (Phi) is 4.62. The van der Waals surface area contributed by atoms with Crippen molar-refractivity contribution in [3.8, 4) is 0 Å². The van der Waals surface area contributed by atoms with E-state index in [2.05, 4.69) is 15.9 Å². The van der Waals surface area contributed by atoms with Gasteiger partial charge in [-0.3, -0.25) is 19.2 Å². The summed E-state index contributed by atoms with van der Waals surface area (Å²) in [5.41, 5.74) is 3.99. The van der Waals surface area contributed by atoms with Gasteiger partial charge in [0.05, 0.1) is 12.8 Å². The van der Waals surface area contributed by atoms with Crippen molar-refractivity contribution in [2.45, 2.75) is 49.3 Å². The quantitative estimate of drug-likeness (QED) is 0.532. The molecule has 0 heterocycles. The van der Waals surface area contributed by atoms with Crippen LogP contribution in [-0.2, 0) is 27.8 Å². The number of ketones is 2. The fraction of sp³-hybridized carbons (Fsp3) is 0.333. The van der Waals surface area contributed by atoms with Crippen LogP contribution in [0.3, 0.4) is 0 Å². The number of hydrogen-bond acceptors (Lipinski definition) is 4. The largest absolute Gasteiger partial charge is 0.481 e. The molecule has 0 radical (unpaired) electrons. The van der Waals surface area contributed by atoms with E-state index in [9.17, 15) is 29.4 Å². The van der Waals surface area contributed by atoms with Gasteiger partial charge >= 0.3 is 11.9 Å². The number of alkyl halides is 1. The molecule has 2 N–H and O–H groups in total. The number of carboxylic acids is 2. The molecule has 0 saturated heterocycles. The highest BCUT2D eigenvalue weighted by molar-refractivity contribution is 9.08. The highest BCUT2D eigenvalue weighted by Crippen LogP contribution is 2.57. The Morgan fingerprint density at radius 1 is 0.871 bits per heavy atom. The predicted octanol–water partition coefficient (Wildman–Crippen LogP) is 3.98. The Hall–Kier alpha value is -2.80. The first-order valence-corrected chi connectivity index (χ1v) is 11.4. The molecule has 1 fully saturated rings. The lowest BCUT2D eigenvalue weighted by molar-refractivity contribution is -0.137. The van der Waals surface area contributed by atoms with Gasteiger partial charge in [0.2, 0.25) is 0 Å². The maximum Gasteiger partial charge on any atom is 0.307 e. The molecule has 2 aromatic rings. The first kappa shape index (κ1) is 20.1. The SMILES string of the molecule is O=C(O)Cc1c2c(c(CC(=O)O)c3c1C1CCC3C1)C(=O)c1cc(CBr)ccc1C2=O. The third-order valence-electron chi connectivity index (χ3n) is 6.88. The van der Waals surface area contributed by atoms with Gasteiger partial charge in [0.1, 0.15) is 0 Å². The number of rotatable bonds is 5. The average Bonchev–Trinajstić information content (AvgIpc) is 3.34. The molecule has 0 aliphatic heterocycles. The molecule has 7 heteroatoms. The zero-order valence-electron chi connectivity index (χ0n) is 16.5. The number of halogens is 1. The van der Waals surface area contributed by atoms with Crippen molar-refractivity contribution in [3.63, 3.8) is 0 Å². The van der Waals surface area contributed by atoms with E-state index in [0.29, 0.717) is 16.5 Å². The van der Waals surface area contributed by atoms with Crippen LogP contribution in [0.5, 0.6) is 0 Å². The molecular weight excluding hydrogens is 464 g/mol. The molecule has 0 spiro atoms. The Balaban J connectivity index is 1.87. The van der Waals surface area contributed by atoms with Crippen LogP contribution in [0.2, 0.25) is 0 Å². The molecule has 0 aromatic heterocycles. The summed E-state index contributed by atoms with van der Waals surface area (Å²) in [5.74, 6) is -2.69. The van der Waals surface area contributed by atoms with Gasteiger partial charge < -0.3 is 10.2 Å². The summed E-state index contributed by atoms with van der Waals surface area (Å²) in [5, 5.41) is 19.7. The van der Waals surface area contributed by atoms with Gasteiger partial charge in [0.15, 0.2) is 11.6 Å². The summed E-state index contributed by atoms with van der Waals surface area (Å²) in [4.78, 5) is 50.8. The van der Waals surface area contributed by atoms with Crippen molar-refractivity contribution < 1.29 is 29.4 Å². The Morgan fingerprint density at radius 3 is 1.87 bits per heavy atom. The predicted molar refractivity (Wildman–Crippen MR) is 114 cm³/mol. The van der Waals surface area contributed by atoms with Crippen LogP contribution in [0, 0.1) is 0 Å². The summed E-state index contributed by atoms with van der Waals surface area (Å²) < 4.78 is 0. The topological polar surface area (TPSA) is 109 Å². The van der Waals surface area contributed by atoms with Gasteiger partial charge in [-0.1, -0.05) is 22.0 Å². The summed E-state index contributed by atoms with van der Waals surface area (Å²) in [6.45, 7) is 0. The van der Waals surface area contributed by atoms with E-state index in [-0.39, 0.29) is 58.5 Å². The van der Waals surface area contributed by atoms with Gasteiger partial charge in [-0.15, -0.1) is 0 Å². The van der Waals surface area contributed by atoms with Crippen LogP contribution < -0.4 is 0 Å². The van der Waals surface area contributed by atoms with E-state index in [1.165, 1.54) is 0 Å². The number of carbonyl (C=O) groups is 4. The van der Waals surface area contributed by atoms with Gasteiger partial charge in [-0.05, 0) is 71.0 Å². The number of carboxylic acid groups (broad SMARTS) is 2. The standard InChI is InChI=1S/C24H19BrO6/c25-9-10-1-4-13-14(5-10)24(31)22-16(8-18(28)29)20-12-3-2-11(6-12)19(20)15(7-17(26)27)21(22)23(13)30/h1,4-5,11-12H,2-3,6-9H2,(H,26,27)(H,28,29). The van der Waals surface area contributed by atoms with Gasteiger partial charge in [0.25, 0.3) is 0 Å². The molecule has 2 aromatic carbocycles. The maximum atomic E-state index is 13.7. The zero-order chi connectivity index (χ0) is 22.0. The van der Waals surface area contributed by atoms with Crippen LogP contribution in [0.4, 0.5) is 0 Å². The van der Waals surface area contributed by atoms with E-state index < -0.39 is 11.9 Å². The van der Waals surface area contributed by atoms with Crippen LogP contribution in [0.15, 0.2) is 18.2 Å². The van der Waals surface area contributed by atoms with E-state index in [1.807, 2.05) is 0 Å². The van der Waals surface area contributed by atoms with Crippen molar-refractivity contribution >= 4 is 39.4 Å². The molecule has 3 aliphatic rings. The molecule has 2 bridgehead atoms. The van der Waals surface area contributed by atoms with E-state index in [4.69, 9.17) is 0 Å². The van der Waals surface area contributed by atoms with E-state index in [0.717, 1.165) is 36.0 Å². The smallest absolute Gasteiger partial charge is 0.307 e. The molecule has 2 unspecified atom stereocenters. The lowest BCUT2D eigenvalue weighted by Crippen LogP contribution is -2.29. The monoisotopic (exact) mass is 482 g/mol. The van der Waals surface area contributed by atoms with E-state index >= 15 is 0 Å². The molecule has 6 nitrogen and oxygen atoms in total. The van der Waals surface area contributed by atoms with Gasteiger partial charge in [-0.2, -0.15) is 0 Å².